The maximum Gasteiger partial charge on any atom is 0.155 e. The SMILES string of the molecule is OCCN1CN(C(c2ccccc2)(c2ccccc2)c2ccccc2)c2ncc(Br)cc21. The minimum absolute atomic E-state index is 0.0782. The number of pyridine rings is 1. The van der Waals surface area contributed by atoms with E-state index in [-0.39, 0.29) is 6.61 Å². The first-order chi connectivity index (χ1) is 15.7. The summed E-state index contributed by atoms with van der Waals surface area (Å²) in [6.45, 7) is 1.23. The molecule has 0 radical (unpaired) electrons. The van der Waals surface area contributed by atoms with E-state index in [0.717, 1.165) is 16.0 Å². The molecule has 0 atom stereocenters. The lowest BCUT2D eigenvalue weighted by atomic mass is 9.75. The van der Waals surface area contributed by atoms with Crippen LogP contribution < -0.4 is 9.80 Å². The molecule has 2 heterocycles. The van der Waals surface area contributed by atoms with Crippen molar-refractivity contribution in [1.82, 2.24) is 4.98 Å². The van der Waals surface area contributed by atoms with Gasteiger partial charge in [0.05, 0.1) is 19.0 Å². The molecule has 0 saturated carbocycles. The zero-order valence-electron chi connectivity index (χ0n) is 17.6. The normalized spacial score (nSPS) is 13.3. The summed E-state index contributed by atoms with van der Waals surface area (Å²) in [6.07, 6.45) is 1.85. The molecule has 4 aromatic rings. The largest absolute Gasteiger partial charge is 0.395 e. The molecule has 1 N–H and O–H groups in total. The van der Waals surface area contributed by atoms with Gasteiger partial charge < -0.3 is 14.9 Å². The summed E-state index contributed by atoms with van der Waals surface area (Å²) < 4.78 is 0.922. The smallest absolute Gasteiger partial charge is 0.155 e. The molecule has 0 unspecified atom stereocenters. The molecular formula is C27H24BrN3O. The number of aliphatic hydroxyl groups is 1. The topological polar surface area (TPSA) is 39.6 Å². The number of aliphatic hydroxyl groups excluding tert-OH is 1. The lowest BCUT2D eigenvalue weighted by Crippen LogP contribution is -2.50. The molecule has 0 saturated heterocycles. The van der Waals surface area contributed by atoms with E-state index < -0.39 is 5.54 Å². The summed E-state index contributed by atoms with van der Waals surface area (Å²) in [5.74, 6) is 0.901. The fourth-order valence-corrected chi connectivity index (χ4v) is 5.08. The van der Waals surface area contributed by atoms with E-state index in [2.05, 4.69) is 123 Å². The van der Waals surface area contributed by atoms with Crippen LogP contribution in [0.5, 0.6) is 0 Å². The first-order valence-electron chi connectivity index (χ1n) is 10.7. The van der Waals surface area contributed by atoms with Gasteiger partial charge in [0.25, 0.3) is 0 Å². The van der Waals surface area contributed by atoms with E-state index in [1.54, 1.807) is 0 Å². The van der Waals surface area contributed by atoms with E-state index in [0.29, 0.717) is 13.2 Å². The Kier molecular flexibility index (Phi) is 5.68. The maximum atomic E-state index is 9.77. The second-order valence-corrected chi connectivity index (χ2v) is 8.78. The van der Waals surface area contributed by atoms with Gasteiger partial charge in [-0.3, -0.25) is 0 Å². The van der Waals surface area contributed by atoms with Crippen LogP contribution in [-0.4, -0.2) is 29.9 Å². The molecule has 160 valence electrons. The molecule has 1 aliphatic rings. The molecule has 0 spiro atoms. The number of nitrogens with zero attached hydrogens (tertiary/aromatic N) is 3. The number of fused-ring (bicyclic) bond motifs is 1. The van der Waals surface area contributed by atoms with Crippen LogP contribution in [0.1, 0.15) is 16.7 Å². The first-order valence-corrected chi connectivity index (χ1v) is 11.5. The standard InChI is InChI=1S/C27H24BrN3O/c28-24-18-25-26(29-19-24)31(20-30(25)16-17-32)27(21-10-4-1-5-11-21,22-12-6-2-7-13-22)23-14-8-3-9-15-23/h1-15,18-19,32H,16-17,20H2. The molecule has 5 heteroatoms. The zero-order chi connectivity index (χ0) is 22.0. The molecular weight excluding hydrogens is 462 g/mol. The lowest BCUT2D eigenvalue weighted by molar-refractivity contribution is 0.302. The number of hydrogen-bond acceptors (Lipinski definition) is 4. The number of rotatable bonds is 6. The Balaban J connectivity index is 1.84. The molecule has 4 nitrogen and oxygen atoms in total. The molecule has 32 heavy (non-hydrogen) atoms. The van der Waals surface area contributed by atoms with Crippen molar-refractivity contribution >= 4 is 27.4 Å². The van der Waals surface area contributed by atoms with E-state index >= 15 is 0 Å². The molecule has 1 aliphatic heterocycles. The van der Waals surface area contributed by atoms with Crippen LogP contribution in [0, 0.1) is 0 Å². The molecule has 0 amide bonds. The van der Waals surface area contributed by atoms with Crippen molar-refractivity contribution in [2.45, 2.75) is 5.54 Å². The molecule has 1 aromatic heterocycles. The van der Waals surface area contributed by atoms with Gasteiger partial charge in [0.15, 0.2) is 5.82 Å². The molecule has 3 aromatic carbocycles. The average Bonchev–Trinajstić information content (AvgIpc) is 3.20. The Morgan fingerprint density at radius 1 is 0.812 bits per heavy atom. The van der Waals surface area contributed by atoms with Crippen molar-refractivity contribution in [3.8, 4) is 0 Å². The predicted molar refractivity (Wildman–Crippen MR) is 133 cm³/mol. The van der Waals surface area contributed by atoms with Gasteiger partial charge >= 0.3 is 0 Å². The van der Waals surface area contributed by atoms with Crippen LogP contribution in [0.25, 0.3) is 0 Å². The summed E-state index contributed by atoms with van der Waals surface area (Å²) in [5.41, 5.74) is 3.92. The monoisotopic (exact) mass is 485 g/mol. The number of benzene rings is 3. The minimum Gasteiger partial charge on any atom is -0.395 e. The van der Waals surface area contributed by atoms with Crippen LogP contribution in [0.2, 0.25) is 0 Å². The van der Waals surface area contributed by atoms with E-state index in [1.807, 2.05) is 6.20 Å². The third kappa shape index (κ3) is 3.38. The van der Waals surface area contributed by atoms with Crippen molar-refractivity contribution in [3.63, 3.8) is 0 Å². The van der Waals surface area contributed by atoms with E-state index in [4.69, 9.17) is 4.98 Å². The van der Waals surface area contributed by atoms with Crippen molar-refractivity contribution in [2.75, 3.05) is 29.6 Å². The highest BCUT2D eigenvalue weighted by molar-refractivity contribution is 9.10. The lowest BCUT2D eigenvalue weighted by Gasteiger charge is -2.44. The van der Waals surface area contributed by atoms with Gasteiger partial charge in [-0.2, -0.15) is 0 Å². The second-order valence-electron chi connectivity index (χ2n) is 7.86. The second kappa shape index (κ2) is 8.77. The number of β-amino-alcohol motifs (C(OH)–C–C–N with tert-alkyl or cyclic N) is 1. The third-order valence-corrected chi connectivity index (χ3v) is 6.51. The molecule has 0 fully saturated rings. The quantitative estimate of drug-likeness (QED) is 0.370. The fourth-order valence-electron chi connectivity index (χ4n) is 4.76. The average molecular weight is 486 g/mol. The number of halogens is 1. The minimum atomic E-state index is -0.594. The van der Waals surface area contributed by atoms with Crippen LogP contribution in [0.15, 0.2) is 108 Å². The van der Waals surface area contributed by atoms with Crippen LogP contribution >= 0.6 is 15.9 Å². The fraction of sp³-hybridized carbons (Fsp3) is 0.148. The van der Waals surface area contributed by atoms with E-state index in [1.165, 1.54) is 16.7 Å². The predicted octanol–water partition coefficient (Wildman–Crippen LogP) is 5.41. The van der Waals surface area contributed by atoms with Crippen molar-refractivity contribution in [3.05, 3.63) is 124 Å². The highest BCUT2D eigenvalue weighted by atomic mass is 79.9. The van der Waals surface area contributed by atoms with E-state index in [9.17, 15) is 5.11 Å². The van der Waals surface area contributed by atoms with Crippen LogP contribution in [-0.2, 0) is 5.54 Å². The van der Waals surface area contributed by atoms with Crippen molar-refractivity contribution in [2.24, 2.45) is 0 Å². The van der Waals surface area contributed by atoms with Gasteiger partial charge in [0.1, 0.15) is 5.54 Å². The van der Waals surface area contributed by atoms with Gasteiger partial charge in [-0.15, -0.1) is 0 Å². The van der Waals surface area contributed by atoms with Gasteiger partial charge in [0, 0.05) is 17.2 Å². The summed E-state index contributed by atoms with van der Waals surface area (Å²) in [6, 6.07) is 33.9. The highest BCUT2D eigenvalue weighted by Crippen LogP contribution is 2.49. The van der Waals surface area contributed by atoms with Crippen LogP contribution in [0.3, 0.4) is 0 Å². The maximum absolute atomic E-state index is 9.77. The van der Waals surface area contributed by atoms with Crippen molar-refractivity contribution < 1.29 is 5.11 Å². The Morgan fingerprint density at radius 3 is 1.78 bits per heavy atom. The number of aromatic nitrogens is 1. The number of anilines is 2. The summed E-state index contributed by atoms with van der Waals surface area (Å²) in [4.78, 5) is 9.43. The molecule has 5 rings (SSSR count). The summed E-state index contributed by atoms with van der Waals surface area (Å²) in [7, 11) is 0. The van der Waals surface area contributed by atoms with Crippen molar-refractivity contribution in [1.29, 1.82) is 0 Å². The summed E-state index contributed by atoms with van der Waals surface area (Å²) in [5, 5.41) is 9.77. The third-order valence-electron chi connectivity index (χ3n) is 6.07. The Bertz CT molecular complexity index is 1090. The number of hydrogen-bond donors (Lipinski definition) is 1. The Morgan fingerprint density at radius 2 is 1.31 bits per heavy atom. The van der Waals surface area contributed by atoms with Gasteiger partial charge in [0.2, 0.25) is 0 Å². The molecule has 0 aliphatic carbocycles. The highest BCUT2D eigenvalue weighted by Gasteiger charge is 2.47. The first kappa shape index (κ1) is 20.7. The summed E-state index contributed by atoms with van der Waals surface area (Å²) >= 11 is 3.58. The van der Waals surface area contributed by atoms with Gasteiger partial charge in [-0.1, -0.05) is 91.0 Å². The Labute approximate surface area is 196 Å². The van der Waals surface area contributed by atoms with Crippen LogP contribution in [0.4, 0.5) is 11.5 Å². The van der Waals surface area contributed by atoms with Gasteiger partial charge in [-0.25, -0.2) is 4.98 Å². The molecule has 0 bridgehead atoms. The van der Waals surface area contributed by atoms with Gasteiger partial charge in [-0.05, 0) is 38.7 Å². The zero-order valence-corrected chi connectivity index (χ0v) is 19.2. The Hall–Kier alpha value is -3.15.